The van der Waals surface area contributed by atoms with E-state index in [0.29, 0.717) is 0 Å². The molecule has 1 atom stereocenters. The molecular weight excluding hydrogens is 238 g/mol. The first-order valence-electron chi connectivity index (χ1n) is 6.47. The van der Waals surface area contributed by atoms with Crippen molar-refractivity contribution in [1.29, 1.82) is 0 Å². The van der Waals surface area contributed by atoms with Crippen molar-refractivity contribution in [2.75, 3.05) is 7.05 Å². The second kappa shape index (κ2) is 6.33. The van der Waals surface area contributed by atoms with Crippen LogP contribution in [0.4, 0.5) is 0 Å². The van der Waals surface area contributed by atoms with Gasteiger partial charge in [-0.3, -0.25) is 4.90 Å². The Morgan fingerprint density at radius 3 is 2.74 bits per heavy atom. The van der Waals surface area contributed by atoms with Crippen LogP contribution in [0.5, 0.6) is 0 Å². The smallest absolute Gasteiger partial charge is 0.128 e. The molecule has 0 bridgehead atoms. The number of hydrogen-bond donors (Lipinski definition) is 0. The number of hydrogen-bond acceptors (Lipinski definition) is 5. The zero-order chi connectivity index (χ0) is 13.7. The highest BCUT2D eigenvalue weighted by molar-refractivity contribution is 5.06. The summed E-state index contributed by atoms with van der Waals surface area (Å²) < 4.78 is 0. The van der Waals surface area contributed by atoms with E-state index in [0.717, 1.165) is 30.2 Å². The zero-order valence-corrected chi connectivity index (χ0v) is 11.6. The van der Waals surface area contributed by atoms with Crippen molar-refractivity contribution in [3.05, 3.63) is 48.1 Å². The maximum absolute atomic E-state index is 4.52. The number of rotatable bonds is 5. The summed E-state index contributed by atoms with van der Waals surface area (Å²) in [6, 6.07) is 4.13. The second-order valence-electron chi connectivity index (χ2n) is 4.54. The first kappa shape index (κ1) is 13.5. The Morgan fingerprint density at radius 2 is 2.05 bits per heavy atom. The SMILES string of the molecule is CCc1nccc(CN(C)[C@H](C)c2ccncn2)n1. The zero-order valence-electron chi connectivity index (χ0n) is 11.6. The van der Waals surface area contributed by atoms with Gasteiger partial charge in [-0.1, -0.05) is 6.92 Å². The topological polar surface area (TPSA) is 54.8 Å². The van der Waals surface area contributed by atoms with E-state index in [1.807, 2.05) is 18.3 Å². The van der Waals surface area contributed by atoms with Gasteiger partial charge in [0.15, 0.2) is 0 Å². The van der Waals surface area contributed by atoms with Gasteiger partial charge >= 0.3 is 0 Å². The van der Waals surface area contributed by atoms with E-state index < -0.39 is 0 Å². The molecule has 19 heavy (non-hydrogen) atoms. The predicted octanol–water partition coefficient (Wildman–Crippen LogP) is 2.02. The lowest BCUT2D eigenvalue weighted by Gasteiger charge is -2.23. The Hall–Kier alpha value is -1.88. The summed E-state index contributed by atoms with van der Waals surface area (Å²) in [5.41, 5.74) is 2.05. The lowest BCUT2D eigenvalue weighted by Crippen LogP contribution is -2.23. The lowest BCUT2D eigenvalue weighted by atomic mass is 10.2. The van der Waals surface area contributed by atoms with Crippen LogP contribution in [0, 0.1) is 0 Å². The molecule has 0 aliphatic rings. The maximum Gasteiger partial charge on any atom is 0.128 e. The molecule has 0 saturated heterocycles. The molecule has 0 aliphatic carbocycles. The van der Waals surface area contributed by atoms with Gasteiger partial charge in [0, 0.05) is 31.4 Å². The van der Waals surface area contributed by atoms with Crippen LogP contribution >= 0.6 is 0 Å². The summed E-state index contributed by atoms with van der Waals surface area (Å²) in [7, 11) is 2.07. The molecule has 2 rings (SSSR count). The van der Waals surface area contributed by atoms with E-state index in [1.54, 1.807) is 12.5 Å². The summed E-state index contributed by atoms with van der Waals surface area (Å²) in [6.07, 6.45) is 6.04. The van der Waals surface area contributed by atoms with E-state index in [-0.39, 0.29) is 6.04 Å². The molecule has 5 nitrogen and oxygen atoms in total. The summed E-state index contributed by atoms with van der Waals surface area (Å²) in [5.74, 6) is 0.889. The van der Waals surface area contributed by atoms with Crippen LogP contribution in [0.15, 0.2) is 30.9 Å². The largest absolute Gasteiger partial charge is 0.292 e. The minimum absolute atomic E-state index is 0.225. The van der Waals surface area contributed by atoms with Crippen LogP contribution in [-0.2, 0) is 13.0 Å². The Balaban J connectivity index is 2.06. The fraction of sp³-hybridized carbons (Fsp3) is 0.429. The standard InChI is InChI=1S/C14H19N5/c1-4-14-16-8-5-12(18-14)9-19(3)11(2)13-6-7-15-10-17-13/h5-8,10-11H,4,9H2,1-3H3/t11-/m1/s1. The van der Waals surface area contributed by atoms with Gasteiger partial charge in [-0.05, 0) is 26.1 Å². The highest BCUT2D eigenvalue weighted by Gasteiger charge is 2.13. The first-order valence-corrected chi connectivity index (χ1v) is 6.47. The van der Waals surface area contributed by atoms with Gasteiger partial charge in [-0.15, -0.1) is 0 Å². The van der Waals surface area contributed by atoms with Gasteiger partial charge in [0.25, 0.3) is 0 Å². The van der Waals surface area contributed by atoms with Crippen molar-refractivity contribution >= 4 is 0 Å². The van der Waals surface area contributed by atoms with Crippen molar-refractivity contribution in [3.63, 3.8) is 0 Å². The van der Waals surface area contributed by atoms with E-state index >= 15 is 0 Å². The fourth-order valence-electron chi connectivity index (χ4n) is 1.87. The van der Waals surface area contributed by atoms with E-state index in [9.17, 15) is 0 Å². The molecule has 0 unspecified atom stereocenters. The summed E-state index contributed by atoms with van der Waals surface area (Å²) in [4.78, 5) is 19.2. The van der Waals surface area contributed by atoms with Crippen molar-refractivity contribution in [1.82, 2.24) is 24.8 Å². The average Bonchev–Trinajstić information content (AvgIpc) is 2.47. The normalized spacial score (nSPS) is 12.6. The third-order valence-electron chi connectivity index (χ3n) is 3.18. The van der Waals surface area contributed by atoms with Crippen LogP contribution in [0.1, 0.15) is 37.1 Å². The Bertz CT molecular complexity index is 514. The summed E-state index contributed by atoms with van der Waals surface area (Å²) in [5, 5.41) is 0. The Kier molecular flexibility index (Phi) is 4.52. The molecule has 0 aromatic carbocycles. The molecule has 0 spiro atoms. The van der Waals surface area contributed by atoms with Gasteiger partial charge in [0.05, 0.1) is 11.4 Å². The average molecular weight is 257 g/mol. The predicted molar refractivity (Wildman–Crippen MR) is 73.3 cm³/mol. The molecule has 0 N–H and O–H groups in total. The van der Waals surface area contributed by atoms with Crippen LogP contribution in [0.25, 0.3) is 0 Å². The molecule has 2 aromatic rings. The first-order chi connectivity index (χ1) is 9.20. The van der Waals surface area contributed by atoms with Crippen LogP contribution < -0.4 is 0 Å². The molecule has 0 radical (unpaired) electrons. The van der Waals surface area contributed by atoms with E-state index in [4.69, 9.17) is 0 Å². The third-order valence-corrected chi connectivity index (χ3v) is 3.18. The van der Waals surface area contributed by atoms with Gasteiger partial charge in [0.2, 0.25) is 0 Å². The maximum atomic E-state index is 4.52. The molecule has 2 aromatic heterocycles. The van der Waals surface area contributed by atoms with Crippen molar-refractivity contribution in [2.24, 2.45) is 0 Å². The molecule has 0 saturated carbocycles. The lowest BCUT2D eigenvalue weighted by molar-refractivity contribution is 0.245. The van der Waals surface area contributed by atoms with Gasteiger partial charge in [0.1, 0.15) is 12.2 Å². The Morgan fingerprint density at radius 1 is 1.21 bits per heavy atom. The molecular formula is C14H19N5. The molecule has 0 amide bonds. The van der Waals surface area contributed by atoms with Gasteiger partial charge in [-0.2, -0.15) is 0 Å². The molecule has 2 heterocycles. The molecule has 5 heteroatoms. The molecule has 0 fully saturated rings. The van der Waals surface area contributed by atoms with Crippen LogP contribution in [0.2, 0.25) is 0 Å². The highest BCUT2D eigenvalue weighted by atomic mass is 15.1. The van der Waals surface area contributed by atoms with Gasteiger partial charge < -0.3 is 0 Å². The highest BCUT2D eigenvalue weighted by Crippen LogP contribution is 2.17. The third kappa shape index (κ3) is 3.54. The number of aryl methyl sites for hydroxylation is 1. The van der Waals surface area contributed by atoms with E-state index in [1.165, 1.54) is 0 Å². The fourth-order valence-corrected chi connectivity index (χ4v) is 1.87. The van der Waals surface area contributed by atoms with Crippen LogP contribution in [-0.4, -0.2) is 31.9 Å². The quantitative estimate of drug-likeness (QED) is 0.820. The summed E-state index contributed by atoms with van der Waals surface area (Å²) in [6.45, 7) is 4.97. The minimum Gasteiger partial charge on any atom is -0.292 e. The number of nitrogens with zero attached hydrogens (tertiary/aromatic N) is 5. The summed E-state index contributed by atoms with van der Waals surface area (Å²) >= 11 is 0. The minimum atomic E-state index is 0.225. The van der Waals surface area contributed by atoms with Gasteiger partial charge in [-0.25, -0.2) is 19.9 Å². The Labute approximate surface area is 113 Å². The van der Waals surface area contributed by atoms with E-state index in [2.05, 4.69) is 45.7 Å². The number of aromatic nitrogens is 4. The second-order valence-corrected chi connectivity index (χ2v) is 4.54. The van der Waals surface area contributed by atoms with Crippen molar-refractivity contribution in [3.8, 4) is 0 Å². The van der Waals surface area contributed by atoms with Crippen molar-refractivity contribution in [2.45, 2.75) is 32.9 Å². The monoisotopic (exact) mass is 257 g/mol. The molecule has 100 valence electrons. The van der Waals surface area contributed by atoms with Crippen molar-refractivity contribution < 1.29 is 0 Å². The van der Waals surface area contributed by atoms with Crippen LogP contribution in [0.3, 0.4) is 0 Å². The molecule has 0 aliphatic heterocycles.